The molecule has 1 heterocycles. The molecule has 5 heteroatoms. The van der Waals surface area contributed by atoms with E-state index in [9.17, 15) is 4.79 Å². The zero-order valence-corrected chi connectivity index (χ0v) is 11.0. The molecule has 19 heavy (non-hydrogen) atoms. The Morgan fingerprint density at radius 3 is 2.74 bits per heavy atom. The maximum atomic E-state index is 12.0. The number of benzene rings is 1. The molecule has 1 atom stereocenters. The van der Waals surface area contributed by atoms with E-state index in [0.717, 1.165) is 11.4 Å². The highest BCUT2D eigenvalue weighted by atomic mass is 16.3. The van der Waals surface area contributed by atoms with Gasteiger partial charge < -0.3 is 10.4 Å². The highest BCUT2D eigenvalue weighted by molar-refractivity contribution is 5.95. The zero-order valence-electron chi connectivity index (χ0n) is 11.0. The van der Waals surface area contributed by atoms with Crippen molar-refractivity contribution in [3.63, 3.8) is 0 Å². The Bertz CT molecular complexity index is 563. The number of aliphatic hydroxyl groups is 1. The second-order valence-electron chi connectivity index (χ2n) is 4.45. The summed E-state index contributed by atoms with van der Waals surface area (Å²) in [7, 11) is 0. The normalized spacial score (nSPS) is 12.2. The Balaban J connectivity index is 2.26. The van der Waals surface area contributed by atoms with E-state index in [0.29, 0.717) is 5.56 Å². The number of aromatic nitrogens is 2. The van der Waals surface area contributed by atoms with Gasteiger partial charge in [-0.15, -0.1) is 0 Å². The van der Waals surface area contributed by atoms with Gasteiger partial charge in [-0.05, 0) is 26.0 Å². The van der Waals surface area contributed by atoms with Gasteiger partial charge in [0.05, 0.1) is 29.7 Å². The lowest BCUT2D eigenvalue weighted by molar-refractivity contribution is 0.0921. The fraction of sp³-hybridized carbons (Fsp3) is 0.286. The molecule has 100 valence electrons. The van der Waals surface area contributed by atoms with Gasteiger partial charge in [-0.3, -0.25) is 4.79 Å². The average molecular weight is 259 g/mol. The van der Waals surface area contributed by atoms with Crippen molar-refractivity contribution in [1.29, 1.82) is 0 Å². The summed E-state index contributed by atoms with van der Waals surface area (Å²) in [5.41, 5.74) is 2.20. The smallest absolute Gasteiger partial charge is 0.255 e. The predicted molar refractivity (Wildman–Crippen MR) is 72.3 cm³/mol. The summed E-state index contributed by atoms with van der Waals surface area (Å²) >= 11 is 0. The summed E-state index contributed by atoms with van der Waals surface area (Å²) in [5.74, 6) is -0.221. The molecule has 0 aliphatic carbocycles. The number of nitrogens with one attached hydrogen (secondary N) is 1. The molecule has 0 bridgehead atoms. The van der Waals surface area contributed by atoms with E-state index in [-0.39, 0.29) is 18.6 Å². The first-order chi connectivity index (χ1) is 9.13. The molecule has 0 saturated carbocycles. The maximum absolute atomic E-state index is 12.0. The van der Waals surface area contributed by atoms with Crippen LogP contribution in [-0.2, 0) is 0 Å². The average Bonchev–Trinajstić information content (AvgIpc) is 2.81. The Labute approximate surface area is 111 Å². The van der Waals surface area contributed by atoms with Crippen LogP contribution in [0, 0.1) is 6.92 Å². The Kier molecular flexibility index (Phi) is 3.97. The van der Waals surface area contributed by atoms with Crippen molar-refractivity contribution < 1.29 is 9.90 Å². The van der Waals surface area contributed by atoms with Crippen LogP contribution in [0.5, 0.6) is 0 Å². The van der Waals surface area contributed by atoms with Gasteiger partial charge in [0.25, 0.3) is 5.91 Å². The van der Waals surface area contributed by atoms with Crippen molar-refractivity contribution in [1.82, 2.24) is 15.1 Å². The summed E-state index contributed by atoms with van der Waals surface area (Å²) in [5, 5.41) is 15.9. The molecule has 2 aromatic rings. The van der Waals surface area contributed by atoms with Gasteiger partial charge in [-0.25, -0.2) is 4.68 Å². The van der Waals surface area contributed by atoms with Crippen molar-refractivity contribution >= 4 is 5.91 Å². The van der Waals surface area contributed by atoms with Crippen LogP contribution in [0.1, 0.15) is 23.0 Å². The fourth-order valence-electron chi connectivity index (χ4n) is 1.81. The maximum Gasteiger partial charge on any atom is 0.255 e. The molecular weight excluding hydrogens is 242 g/mol. The van der Waals surface area contributed by atoms with Gasteiger partial charge >= 0.3 is 0 Å². The van der Waals surface area contributed by atoms with E-state index in [2.05, 4.69) is 10.4 Å². The van der Waals surface area contributed by atoms with Gasteiger partial charge in [-0.2, -0.15) is 5.10 Å². The molecule has 0 spiro atoms. The molecule has 0 saturated heterocycles. The molecule has 2 rings (SSSR count). The third-order valence-corrected chi connectivity index (χ3v) is 2.91. The largest absolute Gasteiger partial charge is 0.394 e. The minimum absolute atomic E-state index is 0.0857. The van der Waals surface area contributed by atoms with E-state index >= 15 is 0 Å². The van der Waals surface area contributed by atoms with Crippen LogP contribution in [0.4, 0.5) is 0 Å². The number of hydrogen-bond donors (Lipinski definition) is 2. The topological polar surface area (TPSA) is 67.2 Å². The molecule has 1 aromatic heterocycles. The monoisotopic (exact) mass is 259 g/mol. The predicted octanol–water partition coefficient (Wildman–Crippen LogP) is 1.29. The molecule has 1 aromatic carbocycles. The molecule has 0 radical (unpaired) electrons. The summed E-state index contributed by atoms with van der Waals surface area (Å²) in [4.78, 5) is 12.0. The quantitative estimate of drug-likeness (QED) is 0.869. The van der Waals surface area contributed by atoms with E-state index in [1.807, 2.05) is 37.3 Å². The Morgan fingerprint density at radius 1 is 1.42 bits per heavy atom. The Morgan fingerprint density at radius 2 is 2.11 bits per heavy atom. The number of hydrogen-bond acceptors (Lipinski definition) is 3. The summed E-state index contributed by atoms with van der Waals surface area (Å²) in [6.07, 6.45) is 1.54. The molecule has 0 fully saturated rings. The van der Waals surface area contributed by atoms with Gasteiger partial charge in [0.1, 0.15) is 0 Å². The third-order valence-electron chi connectivity index (χ3n) is 2.91. The first-order valence-corrected chi connectivity index (χ1v) is 6.15. The van der Waals surface area contributed by atoms with Crippen LogP contribution < -0.4 is 5.32 Å². The molecule has 5 nitrogen and oxygen atoms in total. The van der Waals surface area contributed by atoms with Crippen LogP contribution in [0.3, 0.4) is 0 Å². The van der Waals surface area contributed by atoms with Crippen LogP contribution >= 0.6 is 0 Å². The summed E-state index contributed by atoms with van der Waals surface area (Å²) in [6.45, 7) is 3.50. The van der Waals surface area contributed by atoms with Crippen molar-refractivity contribution in [3.05, 3.63) is 47.8 Å². The van der Waals surface area contributed by atoms with Gasteiger partial charge in [-0.1, -0.05) is 18.2 Å². The van der Waals surface area contributed by atoms with Gasteiger partial charge in [0, 0.05) is 6.04 Å². The number of nitrogens with zero attached hydrogens (tertiary/aromatic N) is 2. The van der Waals surface area contributed by atoms with Crippen LogP contribution in [-0.4, -0.2) is 33.4 Å². The molecule has 0 aliphatic heterocycles. The highest BCUT2D eigenvalue weighted by Gasteiger charge is 2.16. The molecular formula is C14H17N3O2. The first-order valence-electron chi connectivity index (χ1n) is 6.15. The van der Waals surface area contributed by atoms with Crippen molar-refractivity contribution in [3.8, 4) is 5.69 Å². The van der Waals surface area contributed by atoms with Crippen LogP contribution in [0.2, 0.25) is 0 Å². The molecule has 2 N–H and O–H groups in total. The number of rotatable bonds is 4. The molecule has 1 amide bonds. The lowest BCUT2D eigenvalue weighted by atomic mass is 10.2. The minimum Gasteiger partial charge on any atom is -0.394 e. The zero-order chi connectivity index (χ0) is 13.8. The number of aliphatic hydroxyl groups excluding tert-OH is 1. The van der Waals surface area contributed by atoms with E-state index in [1.54, 1.807) is 17.8 Å². The number of carbonyl (C=O) groups excluding carboxylic acids is 1. The number of amides is 1. The molecule has 0 aliphatic rings. The van der Waals surface area contributed by atoms with E-state index in [4.69, 9.17) is 5.11 Å². The van der Waals surface area contributed by atoms with E-state index < -0.39 is 0 Å². The lowest BCUT2D eigenvalue weighted by Gasteiger charge is -2.10. The van der Waals surface area contributed by atoms with Crippen LogP contribution in [0.25, 0.3) is 5.69 Å². The third kappa shape index (κ3) is 2.82. The van der Waals surface area contributed by atoms with Gasteiger partial charge in [0.2, 0.25) is 0 Å². The fourth-order valence-corrected chi connectivity index (χ4v) is 1.81. The van der Waals surface area contributed by atoms with Crippen molar-refractivity contribution in [2.24, 2.45) is 0 Å². The minimum atomic E-state index is -0.271. The Hall–Kier alpha value is -2.14. The molecule has 1 unspecified atom stereocenters. The summed E-state index contributed by atoms with van der Waals surface area (Å²) < 4.78 is 1.72. The lowest BCUT2D eigenvalue weighted by Crippen LogP contribution is -2.35. The van der Waals surface area contributed by atoms with Crippen LogP contribution in [0.15, 0.2) is 36.5 Å². The van der Waals surface area contributed by atoms with E-state index in [1.165, 1.54) is 0 Å². The number of carbonyl (C=O) groups is 1. The van der Waals surface area contributed by atoms with Gasteiger partial charge in [0.15, 0.2) is 0 Å². The second kappa shape index (κ2) is 5.67. The van der Waals surface area contributed by atoms with Crippen molar-refractivity contribution in [2.45, 2.75) is 19.9 Å². The first kappa shape index (κ1) is 13.3. The summed E-state index contributed by atoms with van der Waals surface area (Å²) in [6, 6.07) is 9.36. The standard InChI is InChI=1S/C14H17N3O2/c1-10(9-18)16-14(19)13-8-15-17(11(13)2)12-6-4-3-5-7-12/h3-8,10,18H,9H2,1-2H3,(H,16,19). The number of para-hydroxylation sites is 1. The second-order valence-corrected chi connectivity index (χ2v) is 4.45. The van der Waals surface area contributed by atoms with Crippen molar-refractivity contribution in [2.75, 3.05) is 6.61 Å². The SMILES string of the molecule is Cc1c(C(=O)NC(C)CO)cnn1-c1ccccc1. The highest BCUT2D eigenvalue weighted by Crippen LogP contribution is 2.13.